The maximum atomic E-state index is 13.4. The molecule has 20 heteroatoms. The van der Waals surface area contributed by atoms with Crippen LogP contribution in [-0.2, 0) is 10.1 Å². The Morgan fingerprint density at radius 3 is 1.52 bits per heavy atom. The number of rotatable bonds is 11. The zero-order chi connectivity index (χ0) is 24.6. The summed E-state index contributed by atoms with van der Waals surface area (Å²) in [6, 6.07) is 0. The number of aliphatic hydroxyl groups is 1. The third-order valence-corrected chi connectivity index (χ3v) is 4.10. The topological polar surface area (TPSA) is 89.5 Å². The fourth-order valence-electron chi connectivity index (χ4n) is 1.76. The van der Waals surface area contributed by atoms with Gasteiger partial charge in [-0.1, -0.05) is 0 Å². The van der Waals surface area contributed by atoms with Crippen molar-refractivity contribution in [3.63, 3.8) is 0 Å². The van der Waals surface area contributed by atoms with Crippen LogP contribution in [0.4, 0.5) is 57.1 Å². The Morgan fingerprint density at radius 2 is 1.16 bits per heavy atom. The number of hydrogen-bond acceptors (Lipinski definition) is 5. The maximum Gasteiger partial charge on any atom is 1.00 e. The van der Waals surface area contributed by atoms with E-state index in [-0.39, 0.29) is 29.6 Å². The molecule has 31 heavy (non-hydrogen) atoms. The fraction of sp³-hybridized carbons (Fsp3) is 1.00. The summed E-state index contributed by atoms with van der Waals surface area (Å²) in [6.07, 6.45) is -13.2. The molecule has 5 nitrogen and oxygen atoms in total. The Labute approximate surface area is 187 Å². The quantitative estimate of drug-likeness (QED) is 0.167. The van der Waals surface area contributed by atoms with E-state index in [0.717, 1.165) is 0 Å². The van der Waals surface area contributed by atoms with Crippen LogP contribution < -0.4 is 34.9 Å². The van der Waals surface area contributed by atoms with Gasteiger partial charge in [0.15, 0.2) is 0 Å². The molecule has 0 spiro atoms. The largest absolute Gasteiger partial charge is 1.00 e. The number of alkyl halides is 13. The van der Waals surface area contributed by atoms with Crippen LogP contribution in [0.15, 0.2) is 0 Å². The number of aliphatic hydroxyl groups excluding tert-OH is 1. The van der Waals surface area contributed by atoms with Crippen molar-refractivity contribution in [3.8, 4) is 0 Å². The van der Waals surface area contributed by atoms with Gasteiger partial charge in [0.05, 0.1) is 22.0 Å². The summed E-state index contributed by atoms with van der Waals surface area (Å²) in [4.78, 5) is 0. The van der Waals surface area contributed by atoms with E-state index < -0.39 is 77.3 Å². The van der Waals surface area contributed by atoms with E-state index in [1.807, 2.05) is 0 Å². The summed E-state index contributed by atoms with van der Waals surface area (Å²) in [5.74, 6) is -39.0. The molecule has 182 valence electrons. The van der Waals surface area contributed by atoms with Crippen molar-refractivity contribution in [2.24, 2.45) is 0 Å². The van der Waals surface area contributed by atoms with Crippen LogP contribution in [0.3, 0.4) is 0 Å². The van der Waals surface area contributed by atoms with Gasteiger partial charge in [0.2, 0.25) is 0 Å². The maximum absolute atomic E-state index is 13.4. The normalized spacial score (nSPS) is 16.1. The third kappa shape index (κ3) is 6.95. The van der Waals surface area contributed by atoms with Crippen LogP contribution >= 0.6 is 0 Å². The molecule has 0 amide bonds. The fourth-order valence-corrected chi connectivity index (χ4v) is 2.16. The van der Waals surface area contributed by atoms with Crippen LogP contribution in [0.2, 0.25) is 0 Å². The smallest absolute Gasteiger partial charge is 0.748 e. The summed E-state index contributed by atoms with van der Waals surface area (Å²) in [5.41, 5.74) is 0. The second-order valence-electron chi connectivity index (χ2n) is 5.82. The van der Waals surface area contributed by atoms with E-state index in [1.54, 1.807) is 5.32 Å². The molecule has 0 fully saturated rings. The van der Waals surface area contributed by atoms with Crippen molar-refractivity contribution in [1.29, 1.82) is 0 Å². The molecular formula is C11H11F13NNaO4S. The van der Waals surface area contributed by atoms with Gasteiger partial charge in [-0.2, -0.15) is 57.1 Å². The van der Waals surface area contributed by atoms with Gasteiger partial charge in [0, 0.05) is 19.5 Å². The van der Waals surface area contributed by atoms with Gasteiger partial charge < -0.3 is 15.0 Å². The van der Waals surface area contributed by atoms with Crippen LogP contribution in [0.5, 0.6) is 0 Å². The molecular weight excluding hydrogens is 512 g/mol. The van der Waals surface area contributed by atoms with Gasteiger partial charge in [-0.15, -0.1) is 0 Å². The van der Waals surface area contributed by atoms with Gasteiger partial charge >= 0.3 is 65.3 Å². The Bertz CT molecular complexity index is 698. The van der Waals surface area contributed by atoms with Crippen molar-refractivity contribution in [2.45, 2.75) is 48.3 Å². The van der Waals surface area contributed by atoms with Gasteiger partial charge in [0.1, 0.15) is 0 Å². The summed E-state index contributed by atoms with van der Waals surface area (Å²) >= 11 is 0. The van der Waals surface area contributed by atoms with E-state index in [9.17, 15) is 70.0 Å². The molecule has 1 unspecified atom stereocenters. The molecule has 0 rings (SSSR count). The molecule has 0 heterocycles. The van der Waals surface area contributed by atoms with E-state index in [2.05, 4.69) is 0 Å². The Kier molecular flexibility index (Phi) is 10.7. The number of halogens is 13. The van der Waals surface area contributed by atoms with Crippen molar-refractivity contribution in [2.75, 3.05) is 18.8 Å². The third-order valence-electron chi connectivity index (χ3n) is 3.40. The van der Waals surface area contributed by atoms with Crippen molar-refractivity contribution >= 4 is 10.1 Å². The molecule has 2 N–H and O–H groups in total. The Balaban J connectivity index is 0. The Morgan fingerprint density at radius 1 is 0.774 bits per heavy atom. The minimum absolute atomic E-state index is 0. The molecule has 0 aromatic rings. The zero-order valence-electron chi connectivity index (χ0n) is 14.9. The van der Waals surface area contributed by atoms with Gasteiger partial charge in [0.25, 0.3) is 0 Å². The average molecular weight is 523 g/mol. The minimum Gasteiger partial charge on any atom is -0.748 e. The monoisotopic (exact) mass is 523 g/mol. The first kappa shape index (κ1) is 33.1. The average Bonchev–Trinajstić information content (AvgIpc) is 2.48. The van der Waals surface area contributed by atoms with Crippen molar-refractivity contribution < 1.29 is 105 Å². The molecule has 0 aromatic carbocycles. The summed E-state index contributed by atoms with van der Waals surface area (Å²) in [5, 5.41) is 10.8. The summed E-state index contributed by atoms with van der Waals surface area (Å²) < 4.78 is 198. The standard InChI is InChI=1S/C11H12F13NO4S.Na/c12-6(13,3-5(26)4-25-1-2-30(27,28)29)7(14,15)8(16,17)9(18,19)10(20,21)11(22,23)24;/h5,25-26H,1-4H2,(H,27,28,29);/q;+1/p-1. The van der Waals surface area contributed by atoms with Crippen molar-refractivity contribution in [1.82, 2.24) is 5.32 Å². The molecule has 0 aliphatic carbocycles. The van der Waals surface area contributed by atoms with E-state index in [1.165, 1.54) is 0 Å². The van der Waals surface area contributed by atoms with E-state index in [4.69, 9.17) is 5.11 Å². The second-order valence-corrected chi connectivity index (χ2v) is 7.35. The van der Waals surface area contributed by atoms with Crippen LogP contribution in [0.1, 0.15) is 6.42 Å². The first-order chi connectivity index (χ1) is 12.9. The molecule has 0 aliphatic heterocycles. The molecule has 0 aromatic heterocycles. The predicted molar refractivity (Wildman–Crippen MR) is 68.8 cm³/mol. The SMILES string of the molecule is O=S(=O)([O-])CCNCC(O)CC(F)(F)C(F)(F)C(F)(F)C(F)(F)C(F)(F)C(F)(F)F.[Na+]. The van der Waals surface area contributed by atoms with Crippen LogP contribution in [-0.4, -0.2) is 78.8 Å². The molecule has 0 saturated heterocycles. The molecule has 0 saturated carbocycles. The van der Waals surface area contributed by atoms with Crippen LogP contribution in [0, 0.1) is 0 Å². The number of nitrogens with one attached hydrogen (secondary N) is 1. The van der Waals surface area contributed by atoms with Crippen LogP contribution in [0.25, 0.3) is 0 Å². The summed E-state index contributed by atoms with van der Waals surface area (Å²) in [6.45, 7) is -2.17. The molecule has 0 bridgehead atoms. The van der Waals surface area contributed by atoms with E-state index >= 15 is 0 Å². The van der Waals surface area contributed by atoms with E-state index in [0.29, 0.717) is 0 Å². The van der Waals surface area contributed by atoms with Gasteiger partial charge in [-0.3, -0.25) is 0 Å². The molecule has 1 atom stereocenters. The summed E-state index contributed by atoms with van der Waals surface area (Å²) in [7, 11) is -4.85. The molecule has 0 radical (unpaired) electrons. The molecule has 0 aliphatic rings. The predicted octanol–water partition coefficient (Wildman–Crippen LogP) is -0.385. The van der Waals surface area contributed by atoms with Gasteiger partial charge in [-0.25, -0.2) is 8.42 Å². The first-order valence-electron chi connectivity index (χ1n) is 7.13. The van der Waals surface area contributed by atoms with Gasteiger partial charge in [-0.05, 0) is 0 Å². The first-order valence-corrected chi connectivity index (χ1v) is 8.71. The Hall–Kier alpha value is -0.0800. The van der Waals surface area contributed by atoms with Crippen molar-refractivity contribution in [3.05, 3.63) is 0 Å². The zero-order valence-corrected chi connectivity index (χ0v) is 17.7. The minimum atomic E-state index is -8.03. The number of hydrogen-bond donors (Lipinski definition) is 2. The second kappa shape index (κ2) is 10.0.